The van der Waals surface area contributed by atoms with Gasteiger partial charge in [0, 0.05) is 23.7 Å². The molecule has 1 aromatic carbocycles. The fraction of sp³-hybridized carbons (Fsp3) is 0.333. The largest absolute Gasteiger partial charge is 0.383 e. The molecule has 0 saturated heterocycles. The molecule has 0 atom stereocenters. The van der Waals surface area contributed by atoms with Gasteiger partial charge in [0.2, 0.25) is 0 Å². The van der Waals surface area contributed by atoms with Gasteiger partial charge < -0.3 is 15.0 Å². The fourth-order valence-electron chi connectivity index (χ4n) is 1.77. The van der Waals surface area contributed by atoms with Gasteiger partial charge in [0.25, 0.3) is 0 Å². The lowest BCUT2D eigenvalue weighted by molar-refractivity contribution is 0.186. The Bertz CT molecular complexity index is 573. The molecule has 0 radical (unpaired) electrons. The molecule has 0 aliphatic heterocycles. The quantitative estimate of drug-likeness (QED) is 0.904. The van der Waals surface area contributed by atoms with Crippen LogP contribution in [-0.4, -0.2) is 28.5 Å². The molecule has 5 nitrogen and oxygen atoms in total. The predicted octanol–water partition coefficient (Wildman–Crippen LogP) is 2.47. The molecule has 0 spiro atoms. The van der Waals surface area contributed by atoms with Gasteiger partial charge in [-0.1, -0.05) is 27.5 Å². The molecule has 0 bridgehead atoms. The van der Waals surface area contributed by atoms with Crippen molar-refractivity contribution in [1.29, 1.82) is 0 Å². The maximum absolute atomic E-state index is 6.22. The second-order valence-corrected chi connectivity index (χ2v) is 5.24. The number of aromatic nitrogens is 3. The zero-order valence-corrected chi connectivity index (χ0v) is 12.8. The van der Waals surface area contributed by atoms with E-state index < -0.39 is 0 Å². The number of benzene rings is 1. The van der Waals surface area contributed by atoms with Gasteiger partial charge in [-0.15, -0.1) is 10.2 Å². The highest BCUT2D eigenvalue weighted by Crippen LogP contribution is 2.29. The van der Waals surface area contributed by atoms with E-state index in [2.05, 4.69) is 26.1 Å². The number of ether oxygens (including phenoxy) is 1. The number of nitrogens with zero attached hydrogens (tertiary/aromatic N) is 3. The molecule has 7 heteroatoms. The first kappa shape index (κ1) is 14.5. The molecular formula is C12H14BrClN4O. The van der Waals surface area contributed by atoms with E-state index in [-0.39, 0.29) is 0 Å². The van der Waals surface area contributed by atoms with Crippen LogP contribution >= 0.6 is 27.5 Å². The van der Waals surface area contributed by atoms with Crippen molar-refractivity contribution in [2.45, 2.75) is 13.1 Å². The van der Waals surface area contributed by atoms with Gasteiger partial charge in [-0.3, -0.25) is 0 Å². The minimum absolute atomic E-state index is 0.322. The second-order valence-electron chi connectivity index (χ2n) is 3.91. The van der Waals surface area contributed by atoms with Crippen molar-refractivity contribution in [3.63, 3.8) is 0 Å². The van der Waals surface area contributed by atoms with E-state index in [0.29, 0.717) is 36.4 Å². The van der Waals surface area contributed by atoms with Gasteiger partial charge in [-0.05, 0) is 18.2 Å². The molecular weight excluding hydrogens is 332 g/mol. The van der Waals surface area contributed by atoms with E-state index in [4.69, 9.17) is 22.1 Å². The van der Waals surface area contributed by atoms with Crippen LogP contribution in [0.1, 0.15) is 5.82 Å². The van der Waals surface area contributed by atoms with Crippen LogP contribution in [0, 0.1) is 0 Å². The van der Waals surface area contributed by atoms with E-state index in [1.165, 1.54) is 0 Å². The summed E-state index contributed by atoms with van der Waals surface area (Å²) in [6.45, 7) is 1.51. The Hall–Kier alpha value is -0.950. The number of hydrogen-bond donors (Lipinski definition) is 1. The highest BCUT2D eigenvalue weighted by Gasteiger charge is 2.15. The van der Waals surface area contributed by atoms with Crippen LogP contribution < -0.4 is 5.73 Å². The number of methoxy groups -OCH3 is 1. The summed E-state index contributed by atoms with van der Waals surface area (Å²) in [5, 5.41) is 8.90. The van der Waals surface area contributed by atoms with Crippen LogP contribution in [-0.2, 0) is 17.8 Å². The Morgan fingerprint density at radius 3 is 2.89 bits per heavy atom. The summed E-state index contributed by atoms with van der Waals surface area (Å²) in [5.74, 6) is 1.41. The molecule has 0 amide bonds. The van der Waals surface area contributed by atoms with Crippen molar-refractivity contribution in [3.8, 4) is 11.4 Å². The predicted molar refractivity (Wildman–Crippen MR) is 77.9 cm³/mol. The molecule has 0 aliphatic rings. The molecule has 0 aliphatic carbocycles. The van der Waals surface area contributed by atoms with Gasteiger partial charge in [-0.2, -0.15) is 0 Å². The van der Waals surface area contributed by atoms with Crippen molar-refractivity contribution in [3.05, 3.63) is 33.5 Å². The number of rotatable bonds is 5. The lowest BCUT2D eigenvalue weighted by Crippen LogP contribution is -2.12. The number of hydrogen-bond acceptors (Lipinski definition) is 4. The molecule has 0 saturated carbocycles. The fourth-order valence-corrected chi connectivity index (χ4v) is 2.34. The standard InChI is InChI=1S/C12H14BrClN4O/c1-19-5-4-18-11(7-15)16-17-12(18)9-6-8(13)2-3-10(9)14/h2-3,6H,4-5,7,15H2,1H3. The molecule has 2 N–H and O–H groups in total. The zero-order chi connectivity index (χ0) is 13.8. The summed E-state index contributed by atoms with van der Waals surface area (Å²) >= 11 is 9.65. The second kappa shape index (κ2) is 6.47. The van der Waals surface area contributed by atoms with E-state index >= 15 is 0 Å². The summed E-state index contributed by atoms with van der Waals surface area (Å²) in [7, 11) is 1.65. The van der Waals surface area contributed by atoms with Crippen LogP contribution in [0.4, 0.5) is 0 Å². The Morgan fingerprint density at radius 1 is 1.42 bits per heavy atom. The molecule has 19 heavy (non-hydrogen) atoms. The lowest BCUT2D eigenvalue weighted by atomic mass is 10.2. The number of nitrogens with two attached hydrogens (primary N) is 1. The zero-order valence-electron chi connectivity index (χ0n) is 10.4. The van der Waals surface area contributed by atoms with Gasteiger partial charge >= 0.3 is 0 Å². The molecule has 2 rings (SSSR count). The summed E-state index contributed by atoms with van der Waals surface area (Å²) < 4.78 is 7.96. The SMILES string of the molecule is COCCn1c(CN)nnc1-c1cc(Br)ccc1Cl. The maximum Gasteiger partial charge on any atom is 0.165 e. The summed E-state index contributed by atoms with van der Waals surface area (Å²) in [6, 6.07) is 5.61. The van der Waals surface area contributed by atoms with Gasteiger partial charge in [0.15, 0.2) is 5.82 Å². The third-order valence-electron chi connectivity index (χ3n) is 2.70. The Kier molecular flexibility index (Phi) is 4.93. The van der Waals surface area contributed by atoms with E-state index in [9.17, 15) is 0 Å². The van der Waals surface area contributed by atoms with Crippen molar-refractivity contribution < 1.29 is 4.74 Å². The summed E-state index contributed by atoms with van der Waals surface area (Å²) in [6.07, 6.45) is 0. The van der Waals surface area contributed by atoms with Crippen LogP contribution in [0.25, 0.3) is 11.4 Å². The third-order valence-corrected chi connectivity index (χ3v) is 3.52. The minimum Gasteiger partial charge on any atom is -0.383 e. The van der Waals surface area contributed by atoms with Crippen LogP contribution in [0.15, 0.2) is 22.7 Å². The van der Waals surface area contributed by atoms with Crippen molar-refractivity contribution in [1.82, 2.24) is 14.8 Å². The normalized spacial score (nSPS) is 10.9. The maximum atomic E-state index is 6.22. The summed E-state index contributed by atoms with van der Waals surface area (Å²) in [5.41, 5.74) is 6.49. The minimum atomic E-state index is 0.322. The average Bonchev–Trinajstić information content (AvgIpc) is 2.81. The molecule has 0 unspecified atom stereocenters. The Morgan fingerprint density at radius 2 is 2.21 bits per heavy atom. The molecule has 1 heterocycles. The number of halogens is 2. The Balaban J connectivity index is 2.49. The summed E-state index contributed by atoms with van der Waals surface area (Å²) in [4.78, 5) is 0. The molecule has 102 valence electrons. The average molecular weight is 346 g/mol. The third kappa shape index (κ3) is 3.14. The monoisotopic (exact) mass is 344 g/mol. The van der Waals surface area contributed by atoms with Crippen molar-refractivity contribution >= 4 is 27.5 Å². The van der Waals surface area contributed by atoms with Crippen LogP contribution in [0.2, 0.25) is 5.02 Å². The van der Waals surface area contributed by atoms with E-state index in [0.717, 1.165) is 10.0 Å². The van der Waals surface area contributed by atoms with Crippen LogP contribution in [0.3, 0.4) is 0 Å². The first-order valence-corrected chi connectivity index (χ1v) is 6.91. The van der Waals surface area contributed by atoms with Crippen molar-refractivity contribution in [2.24, 2.45) is 5.73 Å². The topological polar surface area (TPSA) is 66.0 Å². The highest BCUT2D eigenvalue weighted by molar-refractivity contribution is 9.10. The smallest absolute Gasteiger partial charge is 0.165 e. The van der Waals surface area contributed by atoms with Gasteiger partial charge in [0.05, 0.1) is 18.2 Å². The highest BCUT2D eigenvalue weighted by atomic mass is 79.9. The van der Waals surface area contributed by atoms with Crippen LogP contribution in [0.5, 0.6) is 0 Å². The van der Waals surface area contributed by atoms with E-state index in [1.54, 1.807) is 7.11 Å². The molecule has 1 aromatic heterocycles. The molecule has 0 fully saturated rings. The Labute approximate surface area is 124 Å². The van der Waals surface area contributed by atoms with Gasteiger partial charge in [-0.25, -0.2) is 0 Å². The first-order chi connectivity index (χ1) is 9.17. The van der Waals surface area contributed by atoms with Gasteiger partial charge in [0.1, 0.15) is 5.82 Å². The van der Waals surface area contributed by atoms with E-state index in [1.807, 2.05) is 22.8 Å². The lowest BCUT2D eigenvalue weighted by Gasteiger charge is -2.10. The first-order valence-electron chi connectivity index (χ1n) is 5.74. The van der Waals surface area contributed by atoms with Crippen molar-refractivity contribution in [2.75, 3.05) is 13.7 Å². The molecule has 2 aromatic rings.